The van der Waals surface area contributed by atoms with Crippen molar-refractivity contribution in [1.29, 1.82) is 0 Å². The number of hydrogen-bond donors (Lipinski definition) is 7. The van der Waals surface area contributed by atoms with E-state index in [0.29, 0.717) is 5.56 Å². The normalized spacial score (nSPS) is 24.7. The van der Waals surface area contributed by atoms with Crippen molar-refractivity contribution in [3.8, 4) is 0 Å². The Balaban J connectivity index is 1.93. The number of ether oxygens (including phenoxy) is 1. The molecule has 7 N–H and O–H groups in total. The van der Waals surface area contributed by atoms with Crippen LogP contribution in [0.5, 0.6) is 0 Å². The molecule has 4 amide bonds. The lowest BCUT2D eigenvalue weighted by Crippen LogP contribution is -2.61. The molecule has 0 aliphatic carbocycles. The number of hydrogen-bond acceptors (Lipinski definition) is 8. The zero-order valence-corrected chi connectivity index (χ0v) is 20.8. The fourth-order valence-corrected chi connectivity index (χ4v) is 3.89. The van der Waals surface area contributed by atoms with E-state index in [0.717, 1.165) is 0 Å². The van der Waals surface area contributed by atoms with E-state index in [9.17, 15) is 34.2 Å². The number of aliphatic hydroxyl groups is 2. The van der Waals surface area contributed by atoms with Gasteiger partial charge in [0.1, 0.15) is 29.9 Å². The van der Waals surface area contributed by atoms with Gasteiger partial charge >= 0.3 is 5.97 Å². The predicted molar refractivity (Wildman–Crippen MR) is 132 cm³/mol. The summed E-state index contributed by atoms with van der Waals surface area (Å²) in [4.78, 5) is 67.3. The Labute approximate surface area is 218 Å². The lowest BCUT2D eigenvalue weighted by atomic mass is 10.0. The van der Waals surface area contributed by atoms with Gasteiger partial charge in [-0.25, -0.2) is 4.79 Å². The summed E-state index contributed by atoms with van der Waals surface area (Å²) in [5.41, 5.74) is 0.663. The van der Waals surface area contributed by atoms with Crippen molar-refractivity contribution >= 4 is 29.6 Å². The molecule has 0 bridgehead atoms. The number of rotatable bonds is 6. The number of amides is 4. The van der Waals surface area contributed by atoms with Crippen molar-refractivity contribution in [3.05, 3.63) is 59.9 Å². The number of carbonyl (C=O) groups excluding carboxylic acids is 5. The summed E-state index contributed by atoms with van der Waals surface area (Å²) < 4.78 is 5.33. The van der Waals surface area contributed by atoms with Crippen molar-refractivity contribution in [2.24, 2.45) is 0 Å². The lowest BCUT2D eigenvalue weighted by molar-refractivity contribution is -0.137. The zero-order valence-electron chi connectivity index (χ0n) is 20.8. The monoisotopic (exact) mass is 529 g/mol. The molecular formula is C25H31N5O8. The van der Waals surface area contributed by atoms with Crippen LogP contribution in [-0.4, -0.2) is 81.7 Å². The van der Waals surface area contributed by atoms with Crippen LogP contribution in [0.3, 0.4) is 0 Å². The molecule has 1 aromatic heterocycles. The summed E-state index contributed by atoms with van der Waals surface area (Å²) in [6.45, 7) is 1.84. The fraction of sp³-hybridized carbons (Fsp3) is 0.400. The van der Waals surface area contributed by atoms with Gasteiger partial charge in [0.25, 0.3) is 0 Å². The molecule has 38 heavy (non-hydrogen) atoms. The van der Waals surface area contributed by atoms with E-state index in [1.165, 1.54) is 26.1 Å². The van der Waals surface area contributed by atoms with E-state index >= 15 is 0 Å². The fourth-order valence-electron chi connectivity index (χ4n) is 3.89. The summed E-state index contributed by atoms with van der Waals surface area (Å²) in [6, 6.07) is 6.20. The molecule has 0 saturated carbocycles. The Morgan fingerprint density at radius 3 is 2.21 bits per heavy atom. The number of H-pyrrole nitrogens is 1. The van der Waals surface area contributed by atoms with Gasteiger partial charge in [0.05, 0.1) is 25.2 Å². The van der Waals surface area contributed by atoms with Gasteiger partial charge in [0.2, 0.25) is 23.6 Å². The van der Waals surface area contributed by atoms with Gasteiger partial charge < -0.3 is 41.2 Å². The Morgan fingerprint density at radius 1 is 0.921 bits per heavy atom. The number of esters is 1. The van der Waals surface area contributed by atoms with Crippen molar-refractivity contribution < 1.29 is 38.9 Å². The summed E-state index contributed by atoms with van der Waals surface area (Å²) >= 11 is 0. The quantitative estimate of drug-likeness (QED) is 0.223. The van der Waals surface area contributed by atoms with Gasteiger partial charge in [-0.05, 0) is 31.5 Å². The minimum Gasteiger partial charge on any atom is -0.455 e. The highest BCUT2D eigenvalue weighted by atomic mass is 16.5. The molecule has 1 saturated heterocycles. The Hall–Kier alpha value is -4.23. The van der Waals surface area contributed by atoms with Gasteiger partial charge in [-0.3, -0.25) is 19.2 Å². The molecule has 1 aromatic carbocycles. The molecule has 1 aliphatic heterocycles. The highest BCUT2D eigenvalue weighted by Crippen LogP contribution is 2.18. The maximum atomic E-state index is 13.2. The molecule has 0 unspecified atom stereocenters. The van der Waals surface area contributed by atoms with Gasteiger partial charge in [-0.15, -0.1) is 0 Å². The SMILES string of the molecule is C[C@H](O)[C@@H]1NC(=O)C[C@H](c2ccccc2)NC(=O)[C@H](CO)NC(=O)[C@H]([C@H](C)OC(=O)c2ccc[nH]2)NC1=O. The van der Waals surface area contributed by atoms with E-state index in [-0.39, 0.29) is 12.1 Å². The zero-order chi connectivity index (χ0) is 27.8. The highest BCUT2D eigenvalue weighted by Gasteiger charge is 2.37. The van der Waals surface area contributed by atoms with Crippen LogP contribution in [0.2, 0.25) is 0 Å². The lowest BCUT2D eigenvalue weighted by Gasteiger charge is -2.28. The van der Waals surface area contributed by atoms with E-state index < -0.39 is 72.6 Å². The summed E-state index contributed by atoms with van der Waals surface area (Å²) in [6.07, 6.45) is -1.42. The second kappa shape index (κ2) is 12.8. The Bertz CT molecular complexity index is 1140. The van der Waals surface area contributed by atoms with E-state index in [1.807, 2.05) is 0 Å². The number of nitrogens with one attached hydrogen (secondary N) is 5. The molecule has 13 heteroatoms. The predicted octanol–water partition coefficient (Wildman–Crippen LogP) is -1.35. The van der Waals surface area contributed by atoms with Crippen LogP contribution in [-0.2, 0) is 23.9 Å². The minimum absolute atomic E-state index is 0.0990. The van der Waals surface area contributed by atoms with Crippen molar-refractivity contribution in [3.63, 3.8) is 0 Å². The average Bonchev–Trinajstić information content (AvgIpc) is 3.43. The number of aromatic amines is 1. The molecule has 1 aliphatic rings. The van der Waals surface area contributed by atoms with Crippen molar-refractivity contribution in [1.82, 2.24) is 26.3 Å². The standard InChI is InChI=1S/C25H31N5O8/c1-13(32)20-23(35)30-21(14(2)38-25(37)16-9-6-10-26-16)24(36)28-18(12-31)22(34)27-17(11-19(33)29-20)15-7-4-3-5-8-15/h3-10,13-14,17-18,20-21,26,31-32H,11-12H2,1-2H3,(H,27,34)(H,28,36)(H,29,33)(H,30,35)/t13-,14-,17+,18-,20-,21-/m0/s1. The number of aromatic nitrogens is 1. The van der Waals surface area contributed by atoms with Crippen LogP contribution in [0, 0.1) is 0 Å². The maximum absolute atomic E-state index is 13.2. The Morgan fingerprint density at radius 2 is 1.61 bits per heavy atom. The third-order valence-corrected chi connectivity index (χ3v) is 5.97. The third-order valence-electron chi connectivity index (χ3n) is 5.97. The number of carbonyl (C=O) groups is 5. The van der Waals surface area contributed by atoms with Gasteiger partial charge in [-0.2, -0.15) is 0 Å². The largest absolute Gasteiger partial charge is 0.455 e. The van der Waals surface area contributed by atoms with Crippen molar-refractivity contribution in [2.75, 3.05) is 6.61 Å². The molecule has 0 radical (unpaired) electrons. The third kappa shape index (κ3) is 7.17. The molecule has 204 valence electrons. The molecule has 13 nitrogen and oxygen atoms in total. The first-order valence-corrected chi connectivity index (χ1v) is 12.0. The van der Waals surface area contributed by atoms with E-state index in [2.05, 4.69) is 26.3 Å². The van der Waals surface area contributed by atoms with Crippen LogP contribution >= 0.6 is 0 Å². The average molecular weight is 530 g/mol. The van der Waals surface area contributed by atoms with Crippen molar-refractivity contribution in [2.45, 2.75) is 56.6 Å². The Kier molecular flexibility index (Phi) is 9.57. The topological polar surface area (TPSA) is 199 Å². The van der Waals surface area contributed by atoms with Gasteiger partial charge in [0.15, 0.2) is 0 Å². The molecule has 0 spiro atoms. The molecule has 1 fully saturated rings. The van der Waals surface area contributed by atoms with Crippen LogP contribution in [0.1, 0.15) is 42.4 Å². The number of aliphatic hydroxyl groups excluding tert-OH is 2. The van der Waals surface area contributed by atoms with Gasteiger partial charge in [0, 0.05) is 6.20 Å². The van der Waals surface area contributed by atoms with Crippen LogP contribution in [0.25, 0.3) is 0 Å². The second-order valence-corrected chi connectivity index (χ2v) is 8.89. The molecule has 6 atom stereocenters. The minimum atomic E-state index is -1.55. The molecule has 2 aromatic rings. The summed E-state index contributed by atoms with van der Waals surface area (Å²) in [7, 11) is 0. The number of benzene rings is 1. The van der Waals surface area contributed by atoms with E-state index in [4.69, 9.17) is 4.74 Å². The molecule has 2 heterocycles. The first-order valence-electron chi connectivity index (χ1n) is 12.0. The van der Waals surface area contributed by atoms with E-state index in [1.54, 1.807) is 36.4 Å². The smallest absolute Gasteiger partial charge is 0.355 e. The highest BCUT2D eigenvalue weighted by molar-refractivity contribution is 5.96. The van der Waals surface area contributed by atoms with Crippen LogP contribution in [0.15, 0.2) is 48.7 Å². The maximum Gasteiger partial charge on any atom is 0.355 e. The first-order chi connectivity index (χ1) is 18.1. The summed E-state index contributed by atoms with van der Waals surface area (Å²) in [5.74, 6) is -4.12. The van der Waals surface area contributed by atoms with Crippen LogP contribution in [0.4, 0.5) is 0 Å². The second-order valence-electron chi connectivity index (χ2n) is 8.89. The summed E-state index contributed by atoms with van der Waals surface area (Å²) in [5, 5.41) is 29.9. The van der Waals surface area contributed by atoms with Crippen LogP contribution < -0.4 is 21.3 Å². The first kappa shape index (κ1) is 28.3. The molecule has 3 rings (SSSR count). The molecular weight excluding hydrogens is 498 g/mol. The van der Waals surface area contributed by atoms with Gasteiger partial charge in [-0.1, -0.05) is 30.3 Å².